The average molecular weight is 156 g/mol. The van der Waals surface area contributed by atoms with Gasteiger partial charge in [0.2, 0.25) is 0 Å². The van der Waals surface area contributed by atoms with Crippen LogP contribution in [-0.2, 0) is 4.79 Å². The van der Waals surface area contributed by atoms with Gasteiger partial charge in [-0.05, 0) is 6.92 Å². The van der Waals surface area contributed by atoms with Crippen LogP contribution in [0.15, 0.2) is 0 Å². The molecule has 9 heavy (non-hydrogen) atoms. The molecule has 0 spiro atoms. The van der Waals surface area contributed by atoms with E-state index in [4.69, 9.17) is 5.11 Å². The lowest BCUT2D eigenvalue weighted by Gasteiger charge is -2.02. The maximum Gasteiger partial charge on any atom is 0.316 e. The molecular formula is C4H6F2O2S. The molecule has 0 aliphatic heterocycles. The van der Waals surface area contributed by atoms with Gasteiger partial charge >= 0.3 is 5.97 Å². The van der Waals surface area contributed by atoms with E-state index in [2.05, 4.69) is 0 Å². The van der Waals surface area contributed by atoms with E-state index < -0.39 is 17.0 Å². The molecule has 0 saturated heterocycles. The van der Waals surface area contributed by atoms with Gasteiger partial charge in [0.1, 0.15) is 5.25 Å². The van der Waals surface area contributed by atoms with E-state index in [9.17, 15) is 13.6 Å². The van der Waals surface area contributed by atoms with Gasteiger partial charge in [0.15, 0.2) is 0 Å². The second kappa shape index (κ2) is 3.66. The first-order valence-corrected chi connectivity index (χ1v) is 3.14. The van der Waals surface area contributed by atoms with Crippen LogP contribution < -0.4 is 0 Å². The molecule has 0 amide bonds. The van der Waals surface area contributed by atoms with Crippen molar-refractivity contribution in [3.8, 4) is 0 Å². The summed E-state index contributed by atoms with van der Waals surface area (Å²) < 4.78 is 22.7. The van der Waals surface area contributed by atoms with E-state index in [1.807, 2.05) is 0 Å². The van der Waals surface area contributed by atoms with Crippen molar-refractivity contribution >= 4 is 17.7 Å². The van der Waals surface area contributed by atoms with Crippen LogP contribution in [0.4, 0.5) is 8.78 Å². The highest BCUT2D eigenvalue weighted by atomic mass is 32.2. The fourth-order valence-electron chi connectivity index (χ4n) is 0.213. The minimum atomic E-state index is -2.60. The zero-order valence-electron chi connectivity index (χ0n) is 4.67. The summed E-state index contributed by atoms with van der Waals surface area (Å²) in [5.74, 6) is -3.81. The van der Waals surface area contributed by atoms with Crippen molar-refractivity contribution in [2.45, 2.75) is 17.9 Å². The van der Waals surface area contributed by atoms with Crippen molar-refractivity contribution in [3.63, 3.8) is 0 Å². The number of hydrogen-bond acceptors (Lipinski definition) is 2. The molecule has 0 aromatic carbocycles. The predicted octanol–water partition coefficient (Wildman–Crippen LogP) is 1.42. The van der Waals surface area contributed by atoms with Gasteiger partial charge in [0.25, 0.3) is 5.76 Å². The minimum absolute atomic E-state index is 0.130. The molecule has 2 nitrogen and oxygen atoms in total. The summed E-state index contributed by atoms with van der Waals surface area (Å²) in [6, 6.07) is 0. The Bertz CT molecular complexity index is 107. The number of hydrogen-bond donors (Lipinski definition) is 1. The number of carboxylic acid groups (broad SMARTS) is 1. The van der Waals surface area contributed by atoms with Crippen molar-refractivity contribution in [1.29, 1.82) is 0 Å². The van der Waals surface area contributed by atoms with E-state index in [0.29, 0.717) is 0 Å². The number of carboxylic acids is 1. The van der Waals surface area contributed by atoms with Crippen LogP contribution in [0, 0.1) is 0 Å². The fraction of sp³-hybridized carbons (Fsp3) is 0.750. The van der Waals surface area contributed by atoms with E-state index in [1.54, 1.807) is 0 Å². The van der Waals surface area contributed by atoms with Crippen LogP contribution in [0.3, 0.4) is 0 Å². The lowest BCUT2D eigenvalue weighted by atomic mass is 10.5. The Balaban J connectivity index is 3.50. The van der Waals surface area contributed by atoms with Gasteiger partial charge in [-0.25, -0.2) is 0 Å². The first-order valence-electron chi connectivity index (χ1n) is 2.20. The molecule has 1 N–H and O–H groups in total. The summed E-state index contributed by atoms with van der Waals surface area (Å²) in [5, 5.41) is 7.05. The highest BCUT2D eigenvalue weighted by Gasteiger charge is 2.16. The number of alkyl halides is 2. The van der Waals surface area contributed by atoms with Gasteiger partial charge in [-0.1, -0.05) is 11.8 Å². The van der Waals surface area contributed by atoms with Gasteiger partial charge in [-0.15, -0.1) is 0 Å². The third-order valence-corrected chi connectivity index (χ3v) is 1.47. The Labute approximate surface area is 55.2 Å². The van der Waals surface area contributed by atoms with Crippen LogP contribution >= 0.6 is 11.8 Å². The maximum atomic E-state index is 11.3. The first kappa shape index (κ1) is 8.68. The largest absolute Gasteiger partial charge is 0.480 e. The van der Waals surface area contributed by atoms with Crippen LogP contribution in [0.25, 0.3) is 0 Å². The quantitative estimate of drug-likeness (QED) is 0.671. The Morgan fingerprint density at radius 2 is 2.11 bits per heavy atom. The van der Waals surface area contributed by atoms with Crippen molar-refractivity contribution in [3.05, 3.63) is 0 Å². The standard InChI is InChI=1S/C4H6F2O2S/c1-2(3(7)8)9-4(5)6/h2,4H,1H3,(H,7,8). The number of carbonyl (C=O) groups is 1. The zero-order chi connectivity index (χ0) is 7.44. The molecule has 1 atom stereocenters. The Morgan fingerprint density at radius 1 is 1.67 bits per heavy atom. The zero-order valence-corrected chi connectivity index (χ0v) is 5.49. The molecule has 0 aliphatic rings. The van der Waals surface area contributed by atoms with Crippen LogP contribution in [0.1, 0.15) is 6.92 Å². The summed E-state index contributed by atoms with van der Waals surface area (Å²) in [6.45, 7) is 1.22. The summed E-state index contributed by atoms with van der Waals surface area (Å²) in [7, 11) is 0. The molecule has 0 fully saturated rings. The fourth-order valence-corrected chi connectivity index (χ4v) is 0.638. The topological polar surface area (TPSA) is 37.3 Å². The second-order valence-corrected chi connectivity index (χ2v) is 2.71. The summed E-state index contributed by atoms with van der Waals surface area (Å²) >= 11 is 0.130. The lowest BCUT2D eigenvalue weighted by molar-refractivity contribution is -0.136. The second-order valence-electron chi connectivity index (χ2n) is 1.38. The SMILES string of the molecule is CC(SC(F)F)C(=O)O. The highest BCUT2D eigenvalue weighted by Crippen LogP contribution is 2.19. The third-order valence-electron chi connectivity index (χ3n) is 0.655. The number of thioether (sulfide) groups is 1. The van der Waals surface area contributed by atoms with Crippen molar-refractivity contribution in [1.82, 2.24) is 0 Å². The van der Waals surface area contributed by atoms with E-state index >= 15 is 0 Å². The minimum Gasteiger partial charge on any atom is -0.480 e. The normalized spacial score (nSPS) is 13.8. The van der Waals surface area contributed by atoms with Crippen LogP contribution in [0.5, 0.6) is 0 Å². The molecule has 0 aromatic rings. The molecule has 0 rings (SSSR count). The molecule has 0 radical (unpaired) electrons. The number of rotatable bonds is 3. The van der Waals surface area contributed by atoms with Gasteiger partial charge in [-0.2, -0.15) is 8.78 Å². The molecular weight excluding hydrogens is 150 g/mol. The molecule has 1 unspecified atom stereocenters. The average Bonchev–Trinajstić information content (AvgIpc) is 1.63. The van der Waals surface area contributed by atoms with Crippen LogP contribution in [-0.4, -0.2) is 22.1 Å². The summed E-state index contributed by atoms with van der Waals surface area (Å²) in [6.07, 6.45) is 0. The van der Waals surface area contributed by atoms with E-state index in [-0.39, 0.29) is 11.8 Å². The Morgan fingerprint density at radius 3 is 2.22 bits per heavy atom. The predicted molar refractivity (Wildman–Crippen MR) is 30.7 cm³/mol. The molecule has 0 heterocycles. The molecule has 0 aliphatic carbocycles. The van der Waals surface area contributed by atoms with Crippen molar-refractivity contribution < 1.29 is 18.7 Å². The smallest absolute Gasteiger partial charge is 0.316 e. The van der Waals surface area contributed by atoms with E-state index in [1.165, 1.54) is 6.92 Å². The lowest BCUT2D eigenvalue weighted by Crippen LogP contribution is -2.13. The highest BCUT2D eigenvalue weighted by molar-refractivity contribution is 8.00. The Kier molecular flexibility index (Phi) is 3.53. The van der Waals surface area contributed by atoms with E-state index in [0.717, 1.165) is 0 Å². The molecule has 54 valence electrons. The number of aliphatic carboxylic acids is 1. The van der Waals surface area contributed by atoms with Crippen LogP contribution in [0.2, 0.25) is 0 Å². The molecule has 0 saturated carbocycles. The summed E-state index contributed by atoms with van der Waals surface area (Å²) in [4.78, 5) is 9.88. The molecule has 5 heteroatoms. The van der Waals surface area contributed by atoms with Gasteiger partial charge in [0, 0.05) is 0 Å². The van der Waals surface area contributed by atoms with Crippen molar-refractivity contribution in [2.24, 2.45) is 0 Å². The van der Waals surface area contributed by atoms with Gasteiger partial charge in [0.05, 0.1) is 0 Å². The Hall–Kier alpha value is -0.320. The molecule has 0 bridgehead atoms. The van der Waals surface area contributed by atoms with Gasteiger partial charge in [-0.3, -0.25) is 4.79 Å². The van der Waals surface area contributed by atoms with Gasteiger partial charge < -0.3 is 5.11 Å². The first-order chi connectivity index (χ1) is 4.04. The molecule has 0 aromatic heterocycles. The third kappa shape index (κ3) is 4.20. The summed E-state index contributed by atoms with van der Waals surface area (Å²) in [5.41, 5.74) is 0. The maximum absolute atomic E-state index is 11.3. The number of halogens is 2. The van der Waals surface area contributed by atoms with Crippen molar-refractivity contribution in [2.75, 3.05) is 0 Å². The monoisotopic (exact) mass is 156 g/mol.